The molecule has 2 saturated heterocycles. The number of ether oxygens (including phenoxy) is 1. The minimum absolute atomic E-state index is 0.401. The van der Waals surface area contributed by atoms with E-state index in [0.29, 0.717) is 22.4 Å². The number of anilines is 2. The molecule has 0 unspecified atom stereocenters. The van der Waals surface area contributed by atoms with Crippen LogP contribution in [0.25, 0.3) is 11.2 Å². The highest BCUT2D eigenvalue weighted by Gasteiger charge is 2.38. The molecular formula is C14H20N6O. The molecule has 2 aliphatic rings. The van der Waals surface area contributed by atoms with Crippen LogP contribution in [-0.4, -0.2) is 46.5 Å². The lowest BCUT2D eigenvalue weighted by Crippen LogP contribution is -2.41. The minimum atomic E-state index is 0.401. The van der Waals surface area contributed by atoms with E-state index in [4.69, 9.17) is 10.5 Å². The Morgan fingerprint density at radius 1 is 1.24 bits per heavy atom. The third-order valence-electron chi connectivity index (χ3n) is 4.87. The monoisotopic (exact) mass is 288 g/mol. The SMILES string of the molecule is Cc1nc2c(N)[nH]nc2nc1N1CCC2(CCOC2)CC1. The van der Waals surface area contributed by atoms with Gasteiger partial charge in [-0.1, -0.05) is 0 Å². The third kappa shape index (κ3) is 2.03. The first-order valence-electron chi connectivity index (χ1n) is 7.48. The van der Waals surface area contributed by atoms with Gasteiger partial charge < -0.3 is 15.4 Å². The Bertz CT molecular complexity index is 665. The van der Waals surface area contributed by atoms with Gasteiger partial charge >= 0.3 is 0 Å². The fraction of sp³-hybridized carbons (Fsp3) is 0.643. The van der Waals surface area contributed by atoms with Crippen molar-refractivity contribution in [2.45, 2.75) is 26.2 Å². The molecule has 2 aromatic heterocycles. The number of H-pyrrole nitrogens is 1. The van der Waals surface area contributed by atoms with Crippen molar-refractivity contribution in [1.29, 1.82) is 0 Å². The summed E-state index contributed by atoms with van der Waals surface area (Å²) in [7, 11) is 0. The Balaban J connectivity index is 1.60. The molecule has 0 atom stereocenters. The highest BCUT2D eigenvalue weighted by Crippen LogP contribution is 2.40. The molecule has 0 saturated carbocycles. The minimum Gasteiger partial charge on any atom is -0.382 e. The molecule has 0 radical (unpaired) electrons. The number of nitrogens with one attached hydrogen (secondary N) is 1. The van der Waals surface area contributed by atoms with Gasteiger partial charge in [0, 0.05) is 19.7 Å². The van der Waals surface area contributed by atoms with Crippen molar-refractivity contribution < 1.29 is 4.74 Å². The smallest absolute Gasteiger partial charge is 0.203 e. The molecule has 3 N–H and O–H groups in total. The Morgan fingerprint density at radius 2 is 2.05 bits per heavy atom. The number of piperidine rings is 1. The Morgan fingerprint density at radius 3 is 2.76 bits per heavy atom. The van der Waals surface area contributed by atoms with E-state index in [1.807, 2.05) is 6.92 Å². The summed E-state index contributed by atoms with van der Waals surface area (Å²) >= 11 is 0. The van der Waals surface area contributed by atoms with Gasteiger partial charge in [-0.15, -0.1) is 0 Å². The summed E-state index contributed by atoms with van der Waals surface area (Å²) in [4.78, 5) is 11.5. The summed E-state index contributed by atoms with van der Waals surface area (Å²) in [5.41, 5.74) is 8.37. The van der Waals surface area contributed by atoms with E-state index >= 15 is 0 Å². The molecule has 4 rings (SSSR count). The number of nitrogens with zero attached hydrogens (tertiary/aromatic N) is 4. The second-order valence-corrected chi connectivity index (χ2v) is 6.23. The van der Waals surface area contributed by atoms with E-state index in [-0.39, 0.29) is 0 Å². The van der Waals surface area contributed by atoms with Crippen LogP contribution in [0.2, 0.25) is 0 Å². The van der Waals surface area contributed by atoms with Crippen molar-refractivity contribution in [1.82, 2.24) is 20.2 Å². The van der Waals surface area contributed by atoms with Gasteiger partial charge in [-0.3, -0.25) is 5.10 Å². The van der Waals surface area contributed by atoms with Crippen LogP contribution in [0.1, 0.15) is 25.0 Å². The van der Waals surface area contributed by atoms with Crippen molar-refractivity contribution in [3.05, 3.63) is 5.69 Å². The number of nitrogen functional groups attached to an aromatic ring is 1. The van der Waals surface area contributed by atoms with Crippen molar-refractivity contribution in [3.8, 4) is 0 Å². The number of fused-ring (bicyclic) bond motifs is 1. The van der Waals surface area contributed by atoms with E-state index in [9.17, 15) is 0 Å². The molecular weight excluding hydrogens is 268 g/mol. The summed E-state index contributed by atoms with van der Waals surface area (Å²) in [5, 5.41) is 6.86. The molecule has 0 aromatic carbocycles. The molecule has 2 aliphatic heterocycles. The Hall–Kier alpha value is -1.89. The molecule has 21 heavy (non-hydrogen) atoms. The first-order chi connectivity index (χ1) is 10.2. The van der Waals surface area contributed by atoms with Crippen LogP contribution in [0.15, 0.2) is 0 Å². The van der Waals surface area contributed by atoms with Gasteiger partial charge in [-0.2, -0.15) is 5.10 Å². The second-order valence-electron chi connectivity index (χ2n) is 6.23. The van der Waals surface area contributed by atoms with E-state index in [1.165, 1.54) is 6.42 Å². The number of hydrogen-bond acceptors (Lipinski definition) is 6. The molecule has 2 fully saturated rings. The van der Waals surface area contributed by atoms with Crippen molar-refractivity contribution in [2.24, 2.45) is 5.41 Å². The summed E-state index contributed by atoms with van der Waals surface area (Å²) < 4.78 is 5.59. The summed E-state index contributed by atoms with van der Waals surface area (Å²) in [5.74, 6) is 1.41. The fourth-order valence-corrected chi connectivity index (χ4v) is 3.46. The Labute approximate surface area is 122 Å². The third-order valence-corrected chi connectivity index (χ3v) is 4.87. The Kier molecular flexibility index (Phi) is 2.78. The first kappa shape index (κ1) is 12.8. The lowest BCUT2D eigenvalue weighted by Gasteiger charge is -2.39. The van der Waals surface area contributed by atoms with E-state index in [0.717, 1.165) is 50.7 Å². The normalized spacial score (nSPS) is 21.5. The van der Waals surface area contributed by atoms with Crippen LogP contribution in [-0.2, 0) is 4.74 Å². The maximum Gasteiger partial charge on any atom is 0.203 e. The second kappa shape index (κ2) is 4.56. The average Bonchev–Trinajstić information content (AvgIpc) is 3.08. The highest BCUT2D eigenvalue weighted by atomic mass is 16.5. The topological polar surface area (TPSA) is 93.0 Å². The van der Waals surface area contributed by atoms with Crippen LogP contribution >= 0.6 is 0 Å². The zero-order valence-electron chi connectivity index (χ0n) is 12.2. The van der Waals surface area contributed by atoms with Gasteiger partial charge in [0.15, 0.2) is 11.3 Å². The van der Waals surface area contributed by atoms with Gasteiger partial charge in [0.2, 0.25) is 5.65 Å². The molecule has 112 valence electrons. The molecule has 4 heterocycles. The molecule has 1 spiro atoms. The van der Waals surface area contributed by atoms with Crippen molar-refractivity contribution in [3.63, 3.8) is 0 Å². The summed E-state index contributed by atoms with van der Waals surface area (Å²) in [6, 6.07) is 0. The highest BCUT2D eigenvalue weighted by molar-refractivity contribution is 5.82. The predicted molar refractivity (Wildman–Crippen MR) is 80.1 cm³/mol. The van der Waals surface area contributed by atoms with E-state index in [2.05, 4.69) is 25.1 Å². The molecule has 0 amide bonds. The maximum atomic E-state index is 5.80. The maximum absolute atomic E-state index is 5.80. The summed E-state index contributed by atoms with van der Waals surface area (Å²) in [6.45, 7) is 5.82. The average molecular weight is 288 g/mol. The zero-order chi connectivity index (χ0) is 14.4. The van der Waals surface area contributed by atoms with Crippen LogP contribution in [0.5, 0.6) is 0 Å². The van der Waals surface area contributed by atoms with E-state index < -0.39 is 0 Å². The van der Waals surface area contributed by atoms with E-state index in [1.54, 1.807) is 0 Å². The standard InChI is InChI=1S/C14H20N6O/c1-9-13(17-12-10(16-9)11(15)18-19-12)20-5-2-14(3-6-20)4-7-21-8-14/h2-8H2,1H3,(H3,15,17,18,19). The van der Waals surface area contributed by atoms with Gasteiger partial charge in [0.05, 0.1) is 12.3 Å². The van der Waals surface area contributed by atoms with Crippen molar-refractivity contribution in [2.75, 3.05) is 36.9 Å². The molecule has 2 aromatic rings. The number of nitrogens with two attached hydrogens (primary N) is 1. The first-order valence-corrected chi connectivity index (χ1v) is 7.48. The number of rotatable bonds is 1. The van der Waals surface area contributed by atoms with Gasteiger partial charge in [0.1, 0.15) is 5.82 Å². The quantitative estimate of drug-likeness (QED) is 0.820. The van der Waals surface area contributed by atoms with Crippen LogP contribution in [0.3, 0.4) is 0 Å². The van der Waals surface area contributed by atoms with Crippen LogP contribution in [0, 0.1) is 12.3 Å². The largest absolute Gasteiger partial charge is 0.382 e. The molecule has 0 bridgehead atoms. The van der Waals surface area contributed by atoms with Gasteiger partial charge in [-0.25, -0.2) is 9.97 Å². The van der Waals surface area contributed by atoms with Crippen LogP contribution < -0.4 is 10.6 Å². The van der Waals surface area contributed by atoms with Crippen LogP contribution in [0.4, 0.5) is 11.6 Å². The fourth-order valence-electron chi connectivity index (χ4n) is 3.46. The molecule has 7 nitrogen and oxygen atoms in total. The zero-order valence-corrected chi connectivity index (χ0v) is 12.2. The molecule has 0 aliphatic carbocycles. The summed E-state index contributed by atoms with van der Waals surface area (Å²) in [6.07, 6.45) is 3.52. The number of aryl methyl sites for hydroxylation is 1. The number of aromatic nitrogens is 4. The number of hydrogen-bond donors (Lipinski definition) is 2. The predicted octanol–water partition coefficient (Wildman–Crippen LogP) is 1.25. The number of aromatic amines is 1. The van der Waals surface area contributed by atoms with Crippen molar-refractivity contribution >= 4 is 22.8 Å². The molecule has 7 heteroatoms. The van der Waals surface area contributed by atoms with Gasteiger partial charge in [0.25, 0.3) is 0 Å². The lowest BCUT2D eigenvalue weighted by molar-refractivity contribution is 0.133. The van der Waals surface area contributed by atoms with Gasteiger partial charge in [-0.05, 0) is 31.6 Å². The lowest BCUT2D eigenvalue weighted by atomic mass is 9.78.